The van der Waals surface area contributed by atoms with E-state index in [0.717, 1.165) is 29.5 Å². The maximum atomic E-state index is 12.7. The highest BCUT2D eigenvalue weighted by Crippen LogP contribution is 2.39. The van der Waals surface area contributed by atoms with E-state index in [1.165, 1.54) is 0 Å². The molecule has 28 heavy (non-hydrogen) atoms. The maximum absolute atomic E-state index is 12.7. The number of ketones is 1. The highest BCUT2D eigenvalue weighted by atomic mass is 16.5. The zero-order valence-corrected chi connectivity index (χ0v) is 16.5. The minimum absolute atomic E-state index is 0.0478. The highest BCUT2D eigenvalue weighted by Gasteiger charge is 2.47. The van der Waals surface area contributed by atoms with Crippen LogP contribution in [0.3, 0.4) is 0 Å². The van der Waals surface area contributed by atoms with Gasteiger partial charge in [-0.3, -0.25) is 9.59 Å². The van der Waals surface area contributed by atoms with Crippen molar-refractivity contribution in [2.75, 3.05) is 6.61 Å². The Balaban J connectivity index is 1.87. The summed E-state index contributed by atoms with van der Waals surface area (Å²) >= 11 is 0. The van der Waals surface area contributed by atoms with E-state index in [-0.39, 0.29) is 11.8 Å². The first-order valence-electron chi connectivity index (χ1n) is 10.2. The van der Waals surface area contributed by atoms with Gasteiger partial charge in [-0.15, -0.1) is 0 Å². The van der Waals surface area contributed by atoms with Crippen molar-refractivity contribution in [3.05, 3.63) is 77.9 Å². The van der Waals surface area contributed by atoms with E-state index in [2.05, 4.69) is 30.3 Å². The topological polar surface area (TPSA) is 43.4 Å². The summed E-state index contributed by atoms with van der Waals surface area (Å²) in [4.78, 5) is 25.4. The van der Waals surface area contributed by atoms with Gasteiger partial charge in [-0.2, -0.15) is 0 Å². The molecule has 1 saturated carbocycles. The molecule has 1 atom stereocenters. The number of rotatable bonds is 7. The van der Waals surface area contributed by atoms with Gasteiger partial charge in [-0.1, -0.05) is 73.2 Å². The van der Waals surface area contributed by atoms with Gasteiger partial charge >= 0.3 is 5.97 Å². The lowest BCUT2D eigenvalue weighted by atomic mass is 9.70. The van der Waals surface area contributed by atoms with Crippen LogP contribution >= 0.6 is 0 Å². The monoisotopic (exact) mass is 376 g/mol. The van der Waals surface area contributed by atoms with Gasteiger partial charge in [0.05, 0.1) is 6.61 Å². The fraction of sp³-hybridized carbons (Fsp3) is 0.360. The lowest BCUT2D eigenvalue weighted by molar-refractivity contribution is -0.162. The minimum atomic E-state index is -0.969. The molecule has 0 aromatic heterocycles. The van der Waals surface area contributed by atoms with Gasteiger partial charge in [0.2, 0.25) is 0 Å². The summed E-state index contributed by atoms with van der Waals surface area (Å²) in [7, 11) is 0. The molecular formula is C25H28O3. The van der Waals surface area contributed by atoms with Crippen LogP contribution in [0.5, 0.6) is 0 Å². The molecule has 146 valence electrons. The average molecular weight is 376 g/mol. The Bertz CT molecular complexity index is 782. The third-order valence-corrected chi connectivity index (χ3v) is 5.55. The van der Waals surface area contributed by atoms with Crippen molar-refractivity contribution in [3.63, 3.8) is 0 Å². The van der Waals surface area contributed by atoms with E-state index in [4.69, 9.17) is 4.74 Å². The van der Waals surface area contributed by atoms with E-state index in [1.807, 2.05) is 36.4 Å². The zero-order valence-electron chi connectivity index (χ0n) is 16.5. The van der Waals surface area contributed by atoms with E-state index < -0.39 is 5.41 Å². The molecule has 0 spiro atoms. The van der Waals surface area contributed by atoms with Crippen molar-refractivity contribution in [3.8, 4) is 0 Å². The van der Waals surface area contributed by atoms with Crippen molar-refractivity contribution in [2.45, 2.75) is 45.4 Å². The van der Waals surface area contributed by atoms with E-state index >= 15 is 0 Å². The van der Waals surface area contributed by atoms with Gasteiger partial charge in [-0.05, 0) is 49.3 Å². The number of allylic oxidation sites excluding steroid dienone is 1. The molecule has 0 radical (unpaired) electrons. The molecule has 3 nitrogen and oxygen atoms in total. The van der Waals surface area contributed by atoms with Crippen LogP contribution in [0.1, 0.15) is 56.6 Å². The lowest BCUT2D eigenvalue weighted by Gasteiger charge is -2.33. The summed E-state index contributed by atoms with van der Waals surface area (Å²) < 4.78 is 5.30. The van der Waals surface area contributed by atoms with Gasteiger partial charge in [-0.25, -0.2) is 0 Å². The Hall–Kier alpha value is -2.68. The molecular weight excluding hydrogens is 348 g/mol. The largest absolute Gasteiger partial charge is 0.465 e. The maximum Gasteiger partial charge on any atom is 0.319 e. The molecule has 1 aliphatic rings. The lowest BCUT2D eigenvalue weighted by Crippen LogP contribution is -2.42. The predicted octanol–water partition coefficient (Wildman–Crippen LogP) is 5.59. The number of Topliss-reactive ketones (excluding diaryl/α,β-unsaturated/α-hetero) is 1. The number of esters is 1. The third-order valence-electron chi connectivity index (χ3n) is 5.55. The summed E-state index contributed by atoms with van der Waals surface area (Å²) in [6.07, 6.45) is 6.18. The van der Waals surface area contributed by atoms with Crippen molar-refractivity contribution in [1.82, 2.24) is 0 Å². The summed E-state index contributed by atoms with van der Waals surface area (Å²) in [5.74, 6) is -0.291. The number of carbonyl (C=O) groups excluding carboxylic acids is 2. The van der Waals surface area contributed by atoms with E-state index in [1.54, 1.807) is 6.92 Å². The van der Waals surface area contributed by atoms with Crippen LogP contribution in [0.25, 0.3) is 5.57 Å². The first kappa shape index (κ1) is 20.1. The van der Waals surface area contributed by atoms with Gasteiger partial charge in [0, 0.05) is 6.42 Å². The van der Waals surface area contributed by atoms with E-state index in [0.29, 0.717) is 32.3 Å². The Morgan fingerprint density at radius 1 is 1.00 bits per heavy atom. The molecule has 2 aromatic carbocycles. The molecule has 0 saturated heterocycles. The second kappa shape index (κ2) is 9.50. The molecule has 3 rings (SSSR count). The molecule has 0 heterocycles. The molecule has 1 unspecified atom stereocenters. The molecule has 0 N–H and O–H groups in total. The van der Waals surface area contributed by atoms with Crippen LogP contribution in [0, 0.1) is 5.41 Å². The normalized spacial score (nSPS) is 19.1. The minimum Gasteiger partial charge on any atom is -0.465 e. The van der Waals surface area contributed by atoms with Gasteiger partial charge < -0.3 is 4.74 Å². The van der Waals surface area contributed by atoms with Crippen LogP contribution in [-0.4, -0.2) is 18.4 Å². The number of benzene rings is 2. The Labute approximate surface area is 167 Å². The zero-order chi connectivity index (χ0) is 19.8. The van der Waals surface area contributed by atoms with Crippen molar-refractivity contribution in [1.29, 1.82) is 0 Å². The number of hydrogen-bond acceptors (Lipinski definition) is 3. The van der Waals surface area contributed by atoms with Gasteiger partial charge in [0.25, 0.3) is 0 Å². The molecule has 1 fully saturated rings. The Kier molecular flexibility index (Phi) is 6.80. The standard InChI is InChI=1S/C25H28O3/c1-2-28-24(27)25(18-10-9-17-23(25)26)19-11-16-22(20-12-5-3-6-13-20)21-14-7-4-8-15-21/h3-8,12-16H,2,9-11,17-19H2,1H3. The molecule has 0 bridgehead atoms. The van der Waals surface area contributed by atoms with Crippen molar-refractivity contribution >= 4 is 17.3 Å². The predicted molar refractivity (Wildman–Crippen MR) is 112 cm³/mol. The Morgan fingerprint density at radius 3 is 2.14 bits per heavy atom. The highest BCUT2D eigenvalue weighted by molar-refractivity contribution is 6.04. The van der Waals surface area contributed by atoms with Crippen LogP contribution in [0.2, 0.25) is 0 Å². The van der Waals surface area contributed by atoms with Gasteiger partial charge in [0.1, 0.15) is 11.2 Å². The van der Waals surface area contributed by atoms with Gasteiger partial charge in [0.15, 0.2) is 0 Å². The van der Waals surface area contributed by atoms with E-state index in [9.17, 15) is 9.59 Å². The first-order valence-corrected chi connectivity index (χ1v) is 10.2. The Morgan fingerprint density at radius 2 is 1.61 bits per heavy atom. The molecule has 2 aromatic rings. The van der Waals surface area contributed by atoms with Crippen LogP contribution in [0.15, 0.2) is 66.7 Å². The second-order valence-electron chi connectivity index (χ2n) is 7.32. The molecule has 0 amide bonds. The SMILES string of the molecule is CCOC(=O)C1(CCC=C(c2ccccc2)c2ccccc2)CCCCC1=O. The van der Waals surface area contributed by atoms with Crippen LogP contribution in [0.4, 0.5) is 0 Å². The van der Waals surface area contributed by atoms with Crippen LogP contribution in [-0.2, 0) is 14.3 Å². The summed E-state index contributed by atoms with van der Waals surface area (Å²) in [5.41, 5.74) is 2.43. The smallest absolute Gasteiger partial charge is 0.319 e. The summed E-state index contributed by atoms with van der Waals surface area (Å²) in [6.45, 7) is 2.10. The fourth-order valence-electron chi connectivity index (χ4n) is 4.04. The quantitative estimate of drug-likeness (QED) is 0.467. The van der Waals surface area contributed by atoms with Crippen molar-refractivity contribution < 1.29 is 14.3 Å². The first-order chi connectivity index (χ1) is 13.7. The molecule has 1 aliphatic carbocycles. The summed E-state index contributed by atoms with van der Waals surface area (Å²) in [6, 6.07) is 20.5. The number of carbonyl (C=O) groups is 2. The van der Waals surface area contributed by atoms with Crippen LogP contribution < -0.4 is 0 Å². The number of hydrogen-bond donors (Lipinski definition) is 0. The average Bonchev–Trinajstić information content (AvgIpc) is 2.74. The van der Waals surface area contributed by atoms with Crippen molar-refractivity contribution in [2.24, 2.45) is 5.41 Å². The summed E-state index contributed by atoms with van der Waals surface area (Å²) in [5, 5.41) is 0. The number of ether oxygens (including phenoxy) is 1. The fourth-order valence-corrected chi connectivity index (χ4v) is 4.04. The molecule has 3 heteroatoms. The third kappa shape index (κ3) is 4.41. The molecule has 0 aliphatic heterocycles. The second-order valence-corrected chi connectivity index (χ2v) is 7.32.